The second-order valence-corrected chi connectivity index (χ2v) is 5.88. The Labute approximate surface area is 131 Å². The number of carbonyl (C=O) groups is 1. The van der Waals surface area contributed by atoms with Crippen molar-refractivity contribution in [1.29, 1.82) is 0 Å². The number of hydrogen-bond acceptors (Lipinski definition) is 4. The van der Waals surface area contributed by atoms with Crippen molar-refractivity contribution in [1.82, 2.24) is 15.2 Å². The van der Waals surface area contributed by atoms with Gasteiger partial charge in [-0.15, -0.1) is 0 Å². The number of nitrogens with one attached hydrogen (secondary N) is 2. The Hall–Kier alpha value is -1.33. The molecule has 1 fully saturated rings. The Kier molecular flexibility index (Phi) is 5.82. The average molecular weight is 311 g/mol. The van der Waals surface area contributed by atoms with Crippen LogP contribution in [0.25, 0.3) is 0 Å². The molecule has 2 heterocycles. The molecule has 21 heavy (non-hydrogen) atoms. The van der Waals surface area contributed by atoms with Crippen LogP contribution < -0.4 is 10.6 Å². The number of carbonyl (C=O) groups excluding carboxylic acids is 1. The maximum absolute atomic E-state index is 11.1. The molecular formula is C15H23ClN4O. The molecule has 6 heteroatoms. The predicted octanol–water partition coefficient (Wildman–Crippen LogP) is 2.27. The summed E-state index contributed by atoms with van der Waals surface area (Å²) >= 11 is 6.24. The van der Waals surface area contributed by atoms with E-state index in [1.54, 1.807) is 6.92 Å². The van der Waals surface area contributed by atoms with Gasteiger partial charge in [0.2, 0.25) is 5.91 Å². The molecule has 1 amide bonds. The Morgan fingerprint density at radius 1 is 1.52 bits per heavy atom. The standard InChI is InChI=1S/C15H23ClN4O/c1-3-7-17-15-5-4-13(16)14(19-15)10-20-8-6-12(9-20)18-11(2)21/h4-5,12H,3,6-10H2,1-2H3,(H,17,19)(H,18,21). The quantitative estimate of drug-likeness (QED) is 0.846. The van der Waals surface area contributed by atoms with Crippen molar-refractivity contribution in [3.63, 3.8) is 0 Å². The number of halogens is 1. The molecule has 0 aromatic carbocycles. The van der Waals surface area contributed by atoms with Crippen LogP contribution in [0, 0.1) is 0 Å². The number of likely N-dealkylation sites (tertiary alicyclic amines) is 1. The van der Waals surface area contributed by atoms with Crippen LogP contribution in [0.3, 0.4) is 0 Å². The number of hydrogen-bond donors (Lipinski definition) is 2. The van der Waals surface area contributed by atoms with Gasteiger partial charge in [0.15, 0.2) is 0 Å². The van der Waals surface area contributed by atoms with Crippen LogP contribution in [0.1, 0.15) is 32.4 Å². The molecule has 1 aromatic rings. The minimum atomic E-state index is 0.0313. The number of pyridine rings is 1. The maximum atomic E-state index is 11.1. The maximum Gasteiger partial charge on any atom is 0.217 e. The van der Waals surface area contributed by atoms with Gasteiger partial charge in [-0.05, 0) is 25.0 Å². The lowest BCUT2D eigenvalue weighted by Crippen LogP contribution is -2.35. The fraction of sp³-hybridized carbons (Fsp3) is 0.600. The molecule has 1 saturated heterocycles. The molecule has 1 aromatic heterocycles. The first-order chi connectivity index (χ1) is 10.1. The molecule has 1 unspecified atom stereocenters. The van der Waals surface area contributed by atoms with E-state index >= 15 is 0 Å². The van der Waals surface area contributed by atoms with E-state index in [0.29, 0.717) is 5.02 Å². The second kappa shape index (κ2) is 7.61. The highest BCUT2D eigenvalue weighted by atomic mass is 35.5. The van der Waals surface area contributed by atoms with E-state index in [0.717, 1.165) is 50.5 Å². The van der Waals surface area contributed by atoms with Crippen LogP contribution in [0.2, 0.25) is 5.02 Å². The molecule has 0 spiro atoms. The van der Waals surface area contributed by atoms with E-state index in [2.05, 4.69) is 27.4 Å². The highest BCUT2D eigenvalue weighted by molar-refractivity contribution is 6.31. The first-order valence-electron chi connectivity index (χ1n) is 7.47. The third-order valence-corrected chi connectivity index (χ3v) is 3.87. The number of amides is 1. The van der Waals surface area contributed by atoms with Gasteiger partial charge in [-0.25, -0.2) is 4.98 Å². The normalized spacial score (nSPS) is 18.7. The summed E-state index contributed by atoms with van der Waals surface area (Å²) in [6.45, 7) is 7.11. The number of aromatic nitrogens is 1. The lowest BCUT2D eigenvalue weighted by molar-refractivity contribution is -0.119. The molecule has 0 radical (unpaired) electrons. The van der Waals surface area contributed by atoms with Gasteiger partial charge in [-0.3, -0.25) is 9.69 Å². The van der Waals surface area contributed by atoms with E-state index in [-0.39, 0.29) is 11.9 Å². The Morgan fingerprint density at radius 2 is 2.33 bits per heavy atom. The molecule has 0 saturated carbocycles. The Bertz CT molecular complexity index is 495. The minimum absolute atomic E-state index is 0.0313. The smallest absolute Gasteiger partial charge is 0.217 e. The van der Waals surface area contributed by atoms with E-state index in [4.69, 9.17) is 11.6 Å². The number of rotatable bonds is 6. The van der Waals surface area contributed by atoms with Crippen LogP contribution in [0.5, 0.6) is 0 Å². The fourth-order valence-corrected chi connectivity index (χ4v) is 2.71. The number of nitrogens with zero attached hydrogens (tertiary/aromatic N) is 2. The summed E-state index contributed by atoms with van der Waals surface area (Å²) in [5.41, 5.74) is 0.890. The van der Waals surface area contributed by atoms with Crippen molar-refractivity contribution in [2.24, 2.45) is 0 Å². The van der Waals surface area contributed by atoms with Crippen molar-refractivity contribution in [3.8, 4) is 0 Å². The van der Waals surface area contributed by atoms with Gasteiger partial charge in [0.05, 0.1) is 10.7 Å². The summed E-state index contributed by atoms with van der Waals surface area (Å²) in [4.78, 5) is 18.0. The molecule has 116 valence electrons. The summed E-state index contributed by atoms with van der Waals surface area (Å²) in [7, 11) is 0. The average Bonchev–Trinajstić information content (AvgIpc) is 2.86. The summed E-state index contributed by atoms with van der Waals surface area (Å²) in [6, 6.07) is 4.04. The van der Waals surface area contributed by atoms with Gasteiger partial charge in [-0.2, -0.15) is 0 Å². The van der Waals surface area contributed by atoms with Crippen LogP contribution in [0.4, 0.5) is 5.82 Å². The molecule has 1 aliphatic heterocycles. The predicted molar refractivity (Wildman–Crippen MR) is 85.5 cm³/mol. The highest BCUT2D eigenvalue weighted by Crippen LogP contribution is 2.20. The Balaban J connectivity index is 1.94. The number of anilines is 1. The molecule has 1 aliphatic rings. The molecular weight excluding hydrogens is 288 g/mol. The van der Waals surface area contributed by atoms with E-state index in [1.807, 2.05) is 12.1 Å². The van der Waals surface area contributed by atoms with Gasteiger partial charge in [0.1, 0.15) is 5.82 Å². The minimum Gasteiger partial charge on any atom is -0.370 e. The first-order valence-corrected chi connectivity index (χ1v) is 7.85. The first kappa shape index (κ1) is 16.0. The lowest BCUT2D eigenvalue weighted by atomic mass is 10.2. The van der Waals surface area contributed by atoms with Gasteiger partial charge in [0, 0.05) is 39.1 Å². The highest BCUT2D eigenvalue weighted by Gasteiger charge is 2.23. The zero-order valence-electron chi connectivity index (χ0n) is 12.7. The van der Waals surface area contributed by atoms with Gasteiger partial charge < -0.3 is 10.6 Å². The molecule has 0 bridgehead atoms. The van der Waals surface area contributed by atoms with Gasteiger partial charge >= 0.3 is 0 Å². The van der Waals surface area contributed by atoms with Crippen molar-refractivity contribution >= 4 is 23.3 Å². The SMILES string of the molecule is CCCNc1ccc(Cl)c(CN2CCC(NC(C)=O)C2)n1. The molecule has 0 aliphatic carbocycles. The van der Waals surface area contributed by atoms with E-state index in [1.165, 1.54) is 0 Å². The molecule has 2 N–H and O–H groups in total. The van der Waals surface area contributed by atoms with Crippen LogP contribution >= 0.6 is 11.6 Å². The molecule has 2 rings (SSSR count). The Morgan fingerprint density at radius 3 is 3.05 bits per heavy atom. The third kappa shape index (κ3) is 4.86. The molecule has 5 nitrogen and oxygen atoms in total. The topological polar surface area (TPSA) is 57.3 Å². The summed E-state index contributed by atoms with van der Waals surface area (Å²) in [5, 5.41) is 6.94. The summed E-state index contributed by atoms with van der Waals surface area (Å²) < 4.78 is 0. The summed E-state index contributed by atoms with van der Waals surface area (Å²) in [6.07, 6.45) is 2.04. The van der Waals surface area contributed by atoms with E-state index < -0.39 is 0 Å². The second-order valence-electron chi connectivity index (χ2n) is 5.47. The van der Waals surface area contributed by atoms with Crippen LogP contribution in [-0.4, -0.2) is 41.5 Å². The van der Waals surface area contributed by atoms with Crippen LogP contribution in [0.15, 0.2) is 12.1 Å². The van der Waals surface area contributed by atoms with Gasteiger partial charge in [0.25, 0.3) is 0 Å². The monoisotopic (exact) mass is 310 g/mol. The fourth-order valence-electron chi connectivity index (χ4n) is 2.54. The summed E-state index contributed by atoms with van der Waals surface area (Å²) in [5.74, 6) is 0.901. The zero-order chi connectivity index (χ0) is 15.2. The third-order valence-electron chi connectivity index (χ3n) is 3.53. The van der Waals surface area contributed by atoms with Crippen molar-refractivity contribution < 1.29 is 4.79 Å². The van der Waals surface area contributed by atoms with Crippen LogP contribution in [-0.2, 0) is 11.3 Å². The lowest BCUT2D eigenvalue weighted by Gasteiger charge is -2.17. The van der Waals surface area contributed by atoms with Gasteiger partial charge in [-0.1, -0.05) is 18.5 Å². The van der Waals surface area contributed by atoms with Crippen molar-refractivity contribution in [2.75, 3.05) is 25.0 Å². The molecule has 1 atom stereocenters. The van der Waals surface area contributed by atoms with E-state index in [9.17, 15) is 4.79 Å². The zero-order valence-corrected chi connectivity index (χ0v) is 13.4. The van der Waals surface area contributed by atoms with Crippen molar-refractivity contribution in [3.05, 3.63) is 22.8 Å². The largest absolute Gasteiger partial charge is 0.370 e. The van der Waals surface area contributed by atoms with Crippen molar-refractivity contribution in [2.45, 2.75) is 39.3 Å².